The van der Waals surface area contributed by atoms with E-state index in [0.29, 0.717) is 28.1 Å². The molecular formula is C15H14N4O2. The Morgan fingerprint density at radius 2 is 2.43 bits per heavy atom. The number of piperidine rings is 1. The van der Waals surface area contributed by atoms with Crippen molar-refractivity contribution in [1.82, 2.24) is 15.2 Å². The van der Waals surface area contributed by atoms with Gasteiger partial charge in [-0.05, 0) is 24.9 Å². The molecule has 2 bridgehead atoms. The van der Waals surface area contributed by atoms with Crippen LogP contribution in [0.25, 0.3) is 11.0 Å². The lowest BCUT2D eigenvalue weighted by molar-refractivity contribution is 0.0919. The van der Waals surface area contributed by atoms with Crippen molar-refractivity contribution in [1.29, 1.82) is 5.26 Å². The molecule has 0 aromatic carbocycles. The molecule has 2 aliphatic rings. The Bertz CT molecular complexity index is 761. The van der Waals surface area contributed by atoms with Crippen LogP contribution in [0.2, 0.25) is 0 Å². The highest BCUT2D eigenvalue weighted by Crippen LogP contribution is 2.28. The molecular weight excluding hydrogens is 268 g/mol. The van der Waals surface area contributed by atoms with E-state index in [2.05, 4.69) is 21.3 Å². The second kappa shape index (κ2) is 4.57. The molecule has 0 spiro atoms. The van der Waals surface area contributed by atoms with Crippen LogP contribution in [0.5, 0.6) is 0 Å². The minimum absolute atomic E-state index is 0.180. The molecule has 0 aliphatic carbocycles. The van der Waals surface area contributed by atoms with Crippen LogP contribution < -0.4 is 5.32 Å². The molecule has 1 N–H and O–H groups in total. The third-order valence-electron chi connectivity index (χ3n) is 4.46. The number of amides is 1. The van der Waals surface area contributed by atoms with Crippen LogP contribution in [0.15, 0.2) is 22.9 Å². The van der Waals surface area contributed by atoms with E-state index in [9.17, 15) is 4.79 Å². The quantitative estimate of drug-likeness (QED) is 0.893. The van der Waals surface area contributed by atoms with E-state index in [1.54, 1.807) is 6.07 Å². The summed E-state index contributed by atoms with van der Waals surface area (Å²) in [5, 5.41) is 12.7. The SMILES string of the molecule is N#Cc1coc2cnc(C(=O)NC3CN4CCC3C4)cc12. The highest BCUT2D eigenvalue weighted by Gasteiger charge is 2.38. The van der Waals surface area contributed by atoms with Crippen LogP contribution >= 0.6 is 0 Å². The second-order valence-corrected chi connectivity index (χ2v) is 5.72. The topological polar surface area (TPSA) is 82.2 Å². The van der Waals surface area contributed by atoms with Crippen LogP contribution in [-0.2, 0) is 0 Å². The lowest BCUT2D eigenvalue weighted by atomic mass is 10.00. The number of fused-ring (bicyclic) bond motifs is 3. The molecule has 4 heterocycles. The molecule has 2 aromatic rings. The number of hydrogen-bond donors (Lipinski definition) is 1. The second-order valence-electron chi connectivity index (χ2n) is 5.72. The van der Waals surface area contributed by atoms with Crippen molar-refractivity contribution < 1.29 is 9.21 Å². The van der Waals surface area contributed by atoms with Crippen LogP contribution in [0.4, 0.5) is 0 Å². The molecule has 3 unspecified atom stereocenters. The van der Waals surface area contributed by atoms with Crippen LogP contribution in [0.3, 0.4) is 0 Å². The normalized spacial score (nSPS) is 26.9. The summed E-state index contributed by atoms with van der Waals surface area (Å²) in [6.45, 7) is 3.15. The minimum atomic E-state index is -0.180. The fourth-order valence-electron chi connectivity index (χ4n) is 3.33. The maximum absolute atomic E-state index is 12.3. The molecule has 6 heteroatoms. The Balaban J connectivity index is 1.58. The maximum atomic E-state index is 12.3. The van der Waals surface area contributed by atoms with Crippen molar-refractivity contribution in [3.05, 3.63) is 29.8 Å². The largest absolute Gasteiger partial charge is 0.461 e. The highest BCUT2D eigenvalue weighted by atomic mass is 16.3. The van der Waals surface area contributed by atoms with Gasteiger partial charge in [0, 0.05) is 24.5 Å². The Morgan fingerprint density at radius 1 is 1.52 bits per heavy atom. The molecule has 2 aliphatic heterocycles. The molecule has 2 aromatic heterocycles. The van der Waals surface area contributed by atoms with Gasteiger partial charge >= 0.3 is 0 Å². The summed E-state index contributed by atoms with van der Waals surface area (Å²) in [7, 11) is 0. The monoisotopic (exact) mass is 282 g/mol. The summed E-state index contributed by atoms with van der Waals surface area (Å²) < 4.78 is 5.22. The van der Waals surface area contributed by atoms with Gasteiger partial charge in [-0.25, -0.2) is 4.98 Å². The average Bonchev–Trinajstić information content (AvgIpc) is 3.21. The lowest BCUT2D eigenvalue weighted by Crippen LogP contribution is -2.43. The van der Waals surface area contributed by atoms with Gasteiger partial charge in [0.1, 0.15) is 18.0 Å². The van der Waals surface area contributed by atoms with Crippen LogP contribution in [0, 0.1) is 17.2 Å². The third kappa shape index (κ3) is 1.98. The fourth-order valence-corrected chi connectivity index (χ4v) is 3.33. The summed E-state index contributed by atoms with van der Waals surface area (Å²) in [5.74, 6) is 0.377. The zero-order chi connectivity index (χ0) is 14.4. The van der Waals surface area contributed by atoms with Crippen LogP contribution in [0.1, 0.15) is 22.5 Å². The number of nitrogens with zero attached hydrogens (tertiary/aromatic N) is 3. The van der Waals surface area contributed by atoms with E-state index >= 15 is 0 Å². The number of pyridine rings is 1. The summed E-state index contributed by atoms with van der Waals surface area (Å²) in [5.41, 5.74) is 1.28. The van der Waals surface area contributed by atoms with Gasteiger partial charge in [-0.15, -0.1) is 0 Å². The van der Waals surface area contributed by atoms with E-state index in [1.807, 2.05) is 0 Å². The number of carbonyl (C=O) groups is 1. The zero-order valence-electron chi connectivity index (χ0n) is 11.4. The number of nitriles is 1. The smallest absolute Gasteiger partial charge is 0.270 e. The molecule has 0 radical (unpaired) electrons. The van der Waals surface area contributed by atoms with Gasteiger partial charge in [-0.1, -0.05) is 0 Å². The Labute approximate surface area is 121 Å². The van der Waals surface area contributed by atoms with E-state index in [4.69, 9.17) is 9.68 Å². The fraction of sp³-hybridized carbons (Fsp3) is 0.400. The number of carbonyl (C=O) groups excluding carboxylic acids is 1. The first-order valence-corrected chi connectivity index (χ1v) is 7.05. The van der Waals surface area contributed by atoms with E-state index in [-0.39, 0.29) is 11.9 Å². The number of aromatic nitrogens is 1. The first-order chi connectivity index (χ1) is 10.2. The van der Waals surface area contributed by atoms with E-state index in [1.165, 1.54) is 12.5 Å². The zero-order valence-corrected chi connectivity index (χ0v) is 11.4. The van der Waals surface area contributed by atoms with Gasteiger partial charge < -0.3 is 14.6 Å². The molecule has 3 atom stereocenters. The molecule has 4 rings (SSSR count). The van der Waals surface area contributed by atoms with Gasteiger partial charge in [0.2, 0.25) is 0 Å². The Morgan fingerprint density at radius 3 is 3.14 bits per heavy atom. The van der Waals surface area contributed by atoms with E-state index < -0.39 is 0 Å². The van der Waals surface area contributed by atoms with Crippen molar-refractivity contribution >= 4 is 16.9 Å². The van der Waals surface area contributed by atoms with Crippen molar-refractivity contribution in [2.24, 2.45) is 5.92 Å². The van der Waals surface area contributed by atoms with Gasteiger partial charge in [-0.3, -0.25) is 4.79 Å². The maximum Gasteiger partial charge on any atom is 0.270 e. The molecule has 21 heavy (non-hydrogen) atoms. The van der Waals surface area contributed by atoms with Crippen molar-refractivity contribution in [3.8, 4) is 6.07 Å². The highest BCUT2D eigenvalue weighted by molar-refractivity contribution is 5.96. The first-order valence-electron chi connectivity index (χ1n) is 7.05. The van der Waals surface area contributed by atoms with Gasteiger partial charge in [0.15, 0.2) is 5.58 Å². The van der Waals surface area contributed by atoms with E-state index in [0.717, 1.165) is 26.1 Å². The van der Waals surface area contributed by atoms with Crippen molar-refractivity contribution in [2.75, 3.05) is 19.6 Å². The molecule has 2 saturated heterocycles. The van der Waals surface area contributed by atoms with Crippen LogP contribution in [-0.4, -0.2) is 41.5 Å². The van der Waals surface area contributed by atoms with Crippen molar-refractivity contribution in [3.63, 3.8) is 0 Å². The summed E-state index contributed by atoms with van der Waals surface area (Å²) in [6.07, 6.45) is 4.03. The molecule has 106 valence electrons. The van der Waals surface area contributed by atoms with Gasteiger partial charge in [-0.2, -0.15) is 5.26 Å². The summed E-state index contributed by atoms with van der Waals surface area (Å²) >= 11 is 0. The number of hydrogen-bond acceptors (Lipinski definition) is 5. The van der Waals surface area contributed by atoms with Crippen molar-refractivity contribution in [2.45, 2.75) is 12.5 Å². The molecule has 6 nitrogen and oxygen atoms in total. The number of nitrogens with one attached hydrogen (secondary N) is 1. The van der Waals surface area contributed by atoms with Gasteiger partial charge in [0.05, 0.1) is 11.8 Å². The average molecular weight is 282 g/mol. The third-order valence-corrected chi connectivity index (χ3v) is 4.46. The minimum Gasteiger partial charge on any atom is -0.461 e. The first kappa shape index (κ1) is 12.4. The Kier molecular flexibility index (Phi) is 2.69. The van der Waals surface area contributed by atoms with Gasteiger partial charge in [0.25, 0.3) is 5.91 Å². The number of furan rings is 1. The predicted molar refractivity (Wildman–Crippen MR) is 74.5 cm³/mol. The lowest BCUT2D eigenvalue weighted by Gasteiger charge is -2.22. The number of rotatable bonds is 2. The summed E-state index contributed by atoms with van der Waals surface area (Å²) in [4.78, 5) is 18.8. The molecule has 2 fully saturated rings. The predicted octanol–water partition coefficient (Wildman–Crippen LogP) is 1.13. The Hall–Kier alpha value is -2.39. The molecule has 0 saturated carbocycles. The standard InChI is InChI=1S/C15H14N4O2/c16-4-10-8-21-14-5-17-12(3-11(10)14)15(20)18-13-7-19-2-1-9(13)6-19/h3,5,8-9,13H,1-2,6-7H2,(H,18,20). The summed E-state index contributed by atoms with van der Waals surface area (Å²) in [6, 6.07) is 3.89. The molecule has 1 amide bonds.